The van der Waals surface area contributed by atoms with Gasteiger partial charge in [-0.3, -0.25) is 14.2 Å². The zero-order valence-electron chi connectivity index (χ0n) is 16.8. The van der Waals surface area contributed by atoms with E-state index in [1.54, 1.807) is 31.3 Å². The summed E-state index contributed by atoms with van der Waals surface area (Å²) in [5.41, 5.74) is 1.27. The second-order valence-electron chi connectivity index (χ2n) is 7.61. The van der Waals surface area contributed by atoms with Gasteiger partial charge in [0.05, 0.1) is 17.2 Å². The van der Waals surface area contributed by atoms with Crippen LogP contribution in [0.25, 0.3) is 5.13 Å². The molecule has 0 bridgehead atoms. The van der Waals surface area contributed by atoms with Crippen molar-refractivity contribution >= 4 is 17.1 Å². The van der Waals surface area contributed by atoms with Crippen molar-refractivity contribution in [3.63, 3.8) is 0 Å². The molecule has 156 valence electrons. The Balaban J connectivity index is 1.42. The molecule has 7 heteroatoms. The Labute approximate surface area is 178 Å². The number of hydrogen-bond donors (Lipinski definition) is 0. The molecule has 1 aromatic carbocycles. The maximum Gasteiger partial charge on any atom is 0.260 e. The fourth-order valence-corrected chi connectivity index (χ4v) is 4.25. The third-order valence-electron chi connectivity index (χ3n) is 5.18. The number of nitrogens with zero attached hydrogens (tertiary/aromatic N) is 2. The molecule has 0 amide bonds. The van der Waals surface area contributed by atoms with E-state index >= 15 is 0 Å². The quantitative estimate of drug-likeness (QED) is 0.464. The lowest BCUT2D eigenvalue weighted by Gasteiger charge is -2.06. The predicted octanol–water partition coefficient (Wildman–Crippen LogP) is 4.74. The molecule has 0 saturated heterocycles. The van der Waals surface area contributed by atoms with Gasteiger partial charge in [0.15, 0.2) is 10.9 Å². The Morgan fingerprint density at radius 1 is 1.27 bits per heavy atom. The Morgan fingerprint density at radius 2 is 2.03 bits per heavy atom. The van der Waals surface area contributed by atoms with E-state index in [0.29, 0.717) is 40.9 Å². The summed E-state index contributed by atoms with van der Waals surface area (Å²) in [6.45, 7) is 2.39. The Hall–Kier alpha value is -2.80. The van der Waals surface area contributed by atoms with Crippen molar-refractivity contribution in [2.45, 2.75) is 39.0 Å². The van der Waals surface area contributed by atoms with E-state index in [4.69, 9.17) is 4.74 Å². The highest BCUT2D eigenvalue weighted by Crippen LogP contribution is 2.32. The van der Waals surface area contributed by atoms with Crippen LogP contribution in [0.1, 0.15) is 46.6 Å². The van der Waals surface area contributed by atoms with E-state index in [9.17, 15) is 14.0 Å². The van der Waals surface area contributed by atoms with Crippen LogP contribution in [0.5, 0.6) is 5.75 Å². The summed E-state index contributed by atoms with van der Waals surface area (Å²) in [5.74, 6) is 1.01. The summed E-state index contributed by atoms with van der Waals surface area (Å²) in [7, 11) is 0. The van der Waals surface area contributed by atoms with Crippen molar-refractivity contribution in [1.82, 2.24) is 9.55 Å². The van der Waals surface area contributed by atoms with Gasteiger partial charge in [0, 0.05) is 18.7 Å². The van der Waals surface area contributed by atoms with Crippen LogP contribution in [0.15, 0.2) is 47.4 Å². The van der Waals surface area contributed by atoms with Crippen LogP contribution in [-0.4, -0.2) is 21.9 Å². The number of aryl methyl sites for hydroxylation is 2. The summed E-state index contributed by atoms with van der Waals surface area (Å²) in [6, 6.07) is 9.35. The third kappa shape index (κ3) is 5.02. The number of carbonyl (C=O) groups excluding carboxylic acids is 1. The number of rotatable bonds is 9. The number of pyridine rings is 1. The van der Waals surface area contributed by atoms with Gasteiger partial charge in [0.25, 0.3) is 5.56 Å². The first-order valence-electron chi connectivity index (χ1n) is 10.1. The Bertz CT molecular complexity index is 1100. The second-order valence-corrected chi connectivity index (χ2v) is 8.59. The zero-order chi connectivity index (χ0) is 21.1. The average molecular weight is 427 g/mol. The smallest absolute Gasteiger partial charge is 0.260 e. The predicted molar refractivity (Wildman–Crippen MR) is 114 cm³/mol. The first-order chi connectivity index (χ1) is 14.5. The molecule has 1 aliphatic carbocycles. The van der Waals surface area contributed by atoms with Gasteiger partial charge in [-0.1, -0.05) is 36.3 Å². The Kier molecular flexibility index (Phi) is 6.08. The molecule has 2 aromatic heterocycles. The maximum atomic E-state index is 13.0. The largest absolute Gasteiger partial charge is 0.493 e. The lowest BCUT2D eigenvalue weighted by molar-refractivity contribution is 0.0986. The number of aromatic nitrogens is 2. The standard InChI is InChI=1S/C23H23FN2O3S/c1-15-22(20(27)9-6-16-4-7-18(24)8-5-16)30-23(25-15)26-12-10-19(14-21(26)28)29-13-11-17-2-3-17/h4-5,7-8,10,12,14,17H,2-3,6,9,11,13H2,1H3. The van der Waals surface area contributed by atoms with E-state index < -0.39 is 0 Å². The molecule has 4 rings (SSSR count). The molecule has 2 heterocycles. The van der Waals surface area contributed by atoms with E-state index in [-0.39, 0.29) is 17.2 Å². The minimum Gasteiger partial charge on any atom is -0.493 e. The Morgan fingerprint density at radius 3 is 2.73 bits per heavy atom. The number of benzene rings is 1. The van der Waals surface area contributed by atoms with Crippen LogP contribution >= 0.6 is 11.3 Å². The summed E-state index contributed by atoms with van der Waals surface area (Å²) in [6.07, 6.45) is 6.05. The molecular weight excluding hydrogens is 403 g/mol. The lowest BCUT2D eigenvalue weighted by Crippen LogP contribution is -2.16. The van der Waals surface area contributed by atoms with Gasteiger partial charge >= 0.3 is 0 Å². The third-order valence-corrected chi connectivity index (χ3v) is 6.38. The highest BCUT2D eigenvalue weighted by atomic mass is 32.1. The van der Waals surface area contributed by atoms with Crippen molar-refractivity contribution in [2.75, 3.05) is 6.61 Å². The van der Waals surface area contributed by atoms with Crippen LogP contribution in [0.2, 0.25) is 0 Å². The minimum atomic E-state index is -0.294. The van der Waals surface area contributed by atoms with Crippen molar-refractivity contribution in [1.29, 1.82) is 0 Å². The SMILES string of the molecule is Cc1nc(-n2ccc(OCCC3CC3)cc2=O)sc1C(=O)CCc1ccc(F)cc1. The highest BCUT2D eigenvalue weighted by molar-refractivity contribution is 7.16. The van der Waals surface area contributed by atoms with E-state index in [2.05, 4.69) is 4.98 Å². The van der Waals surface area contributed by atoms with E-state index in [0.717, 1.165) is 17.9 Å². The lowest BCUT2D eigenvalue weighted by atomic mass is 10.1. The molecule has 0 N–H and O–H groups in total. The first kappa shape index (κ1) is 20.5. The highest BCUT2D eigenvalue weighted by Gasteiger charge is 2.21. The van der Waals surface area contributed by atoms with E-state index in [1.807, 2.05) is 0 Å². The normalized spacial score (nSPS) is 13.4. The summed E-state index contributed by atoms with van der Waals surface area (Å²) < 4.78 is 20.1. The topological polar surface area (TPSA) is 61.2 Å². The molecule has 5 nitrogen and oxygen atoms in total. The van der Waals surface area contributed by atoms with Crippen LogP contribution in [0, 0.1) is 18.7 Å². The van der Waals surface area contributed by atoms with Gasteiger partial charge < -0.3 is 4.74 Å². The summed E-state index contributed by atoms with van der Waals surface area (Å²) in [4.78, 5) is 30.1. The molecule has 0 aliphatic heterocycles. The number of hydrogen-bond acceptors (Lipinski definition) is 5. The van der Waals surface area contributed by atoms with Crippen LogP contribution < -0.4 is 10.3 Å². The minimum absolute atomic E-state index is 0.0337. The molecular formula is C23H23FN2O3S. The summed E-state index contributed by atoms with van der Waals surface area (Å²) >= 11 is 1.21. The molecule has 0 spiro atoms. The first-order valence-corrected chi connectivity index (χ1v) is 10.9. The number of Topliss-reactive ketones (excluding diaryl/α,β-unsaturated/α-hetero) is 1. The van der Waals surface area contributed by atoms with Crippen LogP contribution in [-0.2, 0) is 6.42 Å². The fraction of sp³-hybridized carbons (Fsp3) is 0.348. The zero-order valence-corrected chi connectivity index (χ0v) is 17.6. The molecule has 3 aromatic rings. The van der Waals surface area contributed by atoms with Crippen molar-refractivity contribution in [2.24, 2.45) is 5.92 Å². The number of halogens is 1. The number of ether oxygens (including phenoxy) is 1. The average Bonchev–Trinajstić information content (AvgIpc) is 3.47. The van der Waals surface area contributed by atoms with Gasteiger partial charge in [0.2, 0.25) is 0 Å². The molecule has 0 unspecified atom stereocenters. The number of carbonyl (C=O) groups is 1. The van der Waals surface area contributed by atoms with E-state index in [1.165, 1.54) is 46.9 Å². The molecule has 0 radical (unpaired) electrons. The maximum absolute atomic E-state index is 13.0. The monoisotopic (exact) mass is 426 g/mol. The number of ketones is 1. The summed E-state index contributed by atoms with van der Waals surface area (Å²) in [5, 5.41) is 0.465. The van der Waals surface area contributed by atoms with Gasteiger partial charge in [-0.05, 0) is 49.4 Å². The van der Waals surface area contributed by atoms with Crippen molar-refractivity contribution in [3.8, 4) is 10.9 Å². The van der Waals surface area contributed by atoms with Crippen LogP contribution in [0.4, 0.5) is 4.39 Å². The molecule has 1 fully saturated rings. The van der Waals surface area contributed by atoms with Gasteiger partial charge in [-0.25, -0.2) is 9.37 Å². The van der Waals surface area contributed by atoms with Crippen molar-refractivity contribution < 1.29 is 13.9 Å². The van der Waals surface area contributed by atoms with Crippen LogP contribution in [0.3, 0.4) is 0 Å². The number of thiazole rings is 1. The van der Waals surface area contributed by atoms with Gasteiger partial charge in [-0.15, -0.1) is 0 Å². The molecule has 30 heavy (non-hydrogen) atoms. The van der Waals surface area contributed by atoms with Gasteiger partial charge in [0.1, 0.15) is 11.6 Å². The van der Waals surface area contributed by atoms with Crippen molar-refractivity contribution in [3.05, 3.63) is 74.9 Å². The molecule has 0 atom stereocenters. The second kappa shape index (κ2) is 8.92. The van der Waals surface area contributed by atoms with Gasteiger partial charge in [-0.2, -0.15) is 0 Å². The molecule has 1 saturated carbocycles. The molecule has 1 aliphatic rings. The fourth-order valence-electron chi connectivity index (χ4n) is 3.22.